The maximum absolute atomic E-state index is 12.4. The Kier molecular flexibility index (Phi) is 4.68. The van der Waals surface area contributed by atoms with Crippen molar-refractivity contribution in [2.24, 2.45) is 0 Å². The minimum atomic E-state index is -4.71. The highest BCUT2D eigenvalue weighted by Crippen LogP contribution is 2.27. The lowest BCUT2D eigenvalue weighted by atomic mass is 10.2. The van der Waals surface area contributed by atoms with Crippen LogP contribution in [0.1, 0.15) is 22.8 Å². The number of rotatable bonds is 5. The molecule has 0 atom stereocenters. The number of hydrogen-bond acceptors (Lipinski definition) is 5. The highest BCUT2D eigenvalue weighted by Gasteiger charge is 2.38. The van der Waals surface area contributed by atoms with Crippen molar-refractivity contribution in [3.63, 3.8) is 0 Å². The Bertz CT molecular complexity index is 1020. The number of aromatic nitrogens is 3. The Hall–Kier alpha value is -2.88. The predicted octanol–water partition coefficient (Wildman–Crippen LogP) is 3.44. The molecule has 2 aromatic heterocycles. The van der Waals surface area contributed by atoms with Gasteiger partial charge in [-0.25, -0.2) is 8.42 Å². The highest BCUT2D eigenvalue weighted by atomic mass is 32.2. The van der Waals surface area contributed by atoms with Gasteiger partial charge < -0.3 is 4.52 Å². The fourth-order valence-corrected chi connectivity index (χ4v) is 3.40. The molecule has 26 heavy (non-hydrogen) atoms. The van der Waals surface area contributed by atoms with Crippen LogP contribution in [0.4, 0.5) is 13.2 Å². The molecule has 2 heterocycles. The largest absolute Gasteiger partial charge is 0.471 e. The van der Waals surface area contributed by atoms with Gasteiger partial charge in [0.1, 0.15) is 0 Å². The van der Waals surface area contributed by atoms with Gasteiger partial charge in [-0.3, -0.25) is 3.97 Å². The third-order valence-corrected chi connectivity index (χ3v) is 4.88. The van der Waals surface area contributed by atoms with Crippen molar-refractivity contribution < 1.29 is 26.1 Å². The van der Waals surface area contributed by atoms with Crippen LogP contribution >= 0.6 is 0 Å². The van der Waals surface area contributed by atoms with Crippen LogP contribution in [0.15, 0.2) is 53.3 Å². The molecule has 0 saturated heterocycles. The quantitative estimate of drug-likeness (QED) is 0.674. The lowest BCUT2D eigenvalue weighted by Crippen LogP contribution is -2.13. The van der Waals surface area contributed by atoms with Gasteiger partial charge in [-0.2, -0.15) is 18.2 Å². The van der Waals surface area contributed by atoms with Crippen molar-refractivity contribution in [1.82, 2.24) is 14.1 Å². The Balaban J connectivity index is 1.74. The molecular formula is C16H12F3N3O3S. The van der Waals surface area contributed by atoms with Gasteiger partial charge in [-0.15, -0.1) is 0 Å². The smallest absolute Gasteiger partial charge is 0.329 e. The molecule has 3 aromatic rings. The van der Waals surface area contributed by atoms with Gasteiger partial charge in [0.05, 0.1) is 5.75 Å². The topological polar surface area (TPSA) is 78.0 Å². The maximum Gasteiger partial charge on any atom is 0.471 e. The molecule has 0 radical (unpaired) electrons. The van der Waals surface area contributed by atoms with E-state index in [9.17, 15) is 21.6 Å². The molecule has 10 heteroatoms. The van der Waals surface area contributed by atoms with Crippen molar-refractivity contribution in [1.29, 1.82) is 0 Å². The molecule has 0 aliphatic rings. The number of nitrogens with zero attached hydrogens (tertiary/aromatic N) is 3. The fourth-order valence-electron chi connectivity index (χ4n) is 2.11. The summed E-state index contributed by atoms with van der Waals surface area (Å²) in [6.07, 6.45) is 0.574. The van der Waals surface area contributed by atoms with Gasteiger partial charge >= 0.3 is 12.1 Å². The lowest BCUT2D eigenvalue weighted by Gasteiger charge is -2.05. The Morgan fingerprint density at radius 2 is 1.85 bits per heavy atom. The molecule has 0 aliphatic heterocycles. The summed E-state index contributed by atoms with van der Waals surface area (Å²) in [6, 6.07) is 10.2. The summed E-state index contributed by atoms with van der Waals surface area (Å²) >= 11 is 0. The average Bonchev–Trinajstić information content (AvgIpc) is 3.23. The van der Waals surface area contributed by atoms with E-state index in [-0.39, 0.29) is 11.6 Å². The van der Waals surface area contributed by atoms with Gasteiger partial charge in [0, 0.05) is 12.4 Å². The molecule has 1 aromatic carbocycles. The van der Waals surface area contributed by atoms with Gasteiger partial charge in [-0.1, -0.05) is 35.5 Å². The van der Waals surface area contributed by atoms with E-state index in [1.165, 1.54) is 30.6 Å². The minimum absolute atomic E-state index is 0.175. The summed E-state index contributed by atoms with van der Waals surface area (Å²) in [7, 11) is -3.61. The van der Waals surface area contributed by atoms with E-state index in [0.29, 0.717) is 11.1 Å². The van der Waals surface area contributed by atoms with Crippen molar-refractivity contribution in [3.8, 4) is 0 Å². The molecule has 0 unspecified atom stereocenters. The monoisotopic (exact) mass is 383 g/mol. The SMILES string of the molecule is O=S(=O)(Cc1ccccc1)n1ccc(/C=C/c2noc(C(F)(F)F)n2)c1. The Morgan fingerprint density at radius 3 is 2.50 bits per heavy atom. The second-order valence-corrected chi connectivity index (χ2v) is 7.18. The highest BCUT2D eigenvalue weighted by molar-refractivity contribution is 7.89. The second-order valence-electron chi connectivity index (χ2n) is 5.31. The maximum atomic E-state index is 12.4. The first kappa shape index (κ1) is 17.9. The van der Waals surface area contributed by atoms with Crippen LogP contribution in [-0.4, -0.2) is 22.5 Å². The van der Waals surface area contributed by atoms with E-state index in [4.69, 9.17) is 0 Å². The molecule has 0 aliphatic carbocycles. The van der Waals surface area contributed by atoms with Crippen LogP contribution in [0.3, 0.4) is 0 Å². The first-order valence-corrected chi connectivity index (χ1v) is 8.89. The normalized spacial score (nSPS) is 12.7. The third-order valence-electron chi connectivity index (χ3n) is 3.31. The van der Waals surface area contributed by atoms with Crippen molar-refractivity contribution in [3.05, 3.63) is 71.6 Å². The summed E-state index contributed by atoms with van der Waals surface area (Å²) in [5.41, 5.74) is 1.10. The standard InChI is InChI=1S/C16H12F3N3O3S/c17-16(18,19)15-20-14(21-25-15)7-6-12-8-9-22(10-12)26(23,24)11-13-4-2-1-3-5-13/h1-10H,11H2/b7-6+. The molecule has 0 fully saturated rings. The van der Waals surface area contributed by atoms with Crippen molar-refractivity contribution in [2.45, 2.75) is 11.9 Å². The zero-order chi connectivity index (χ0) is 18.8. The van der Waals surface area contributed by atoms with E-state index in [0.717, 1.165) is 3.97 Å². The first-order chi connectivity index (χ1) is 12.2. The van der Waals surface area contributed by atoms with E-state index < -0.39 is 22.1 Å². The molecular weight excluding hydrogens is 371 g/mol. The molecule has 0 bridgehead atoms. The summed E-state index contributed by atoms with van der Waals surface area (Å²) < 4.78 is 67.1. The Labute approximate surface area is 146 Å². The summed E-state index contributed by atoms with van der Waals surface area (Å²) in [5, 5.41) is 3.19. The number of hydrogen-bond donors (Lipinski definition) is 0. The van der Waals surface area contributed by atoms with Crippen LogP contribution in [0.2, 0.25) is 0 Å². The molecule has 0 spiro atoms. The fraction of sp³-hybridized carbons (Fsp3) is 0.125. The summed E-state index contributed by atoms with van der Waals surface area (Å²) in [4.78, 5) is 3.19. The van der Waals surface area contributed by atoms with E-state index in [2.05, 4.69) is 14.7 Å². The number of benzene rings is 1. The van der Waals surface area contributed by atoms with Crippen LogP contribution in [0.25, 0.3) is 12.2 Å². The zero-order valence-electron chi connectivity index (χ0n) is 13.1. The number of alkyl halides is 3. The summed E-state index contributed by atoms with van der Waals surface area (Å²) in [6.45, 7) is 0. The lowest BCUT2D eigenvalue weighted by molar-refractivity contribution is -0.159. The molecule has 0 N–H and O–H groups in total. The van der Waals surface area contributed by atoms with E-state index in [1.807, 2.05) is 0 Å². The molecule has 0 saturated carbocycles. The third kappa shape index (κ3) is 4.20. The predicted molar refractivity (Wildman–Crippen MR) is 87.1 cm³/mol. The van der Waals surface area contributed by atoms with Gasteiger partial charge in [-0.05, 0) is 29.3 Å². The zero-order valence-corrected chi connectivity index (χ0v) is 13.9. The Morgan fingerprint density at radius 1 is 1.12 bits per heavy atom. The number of halogens is 3. The average molecular weight is 383 g/mol. The minimum Gasteiger partial charge on any atom is -0.329 e. The van der Waals surface area contributed by atoms with Gasteiger partial charge in [0.25, 0.3) is 0 Å². The van der Waals surface area contributed by atoms with Crippen molar-refractivity contribution in [2.75, 3.05) is 0 Å². The van der Waals surface area contributed by atoms with Crippen molar-refractivity contribution >= 4 is 22.2 Å². The van der Waals surface area contributed by atoms with Crippen LogP contribution < -0.4 is 0 Å². The van der Waals surface area contributed by atoms with Crippen LogP contribution in [0.5, 0.6) is 0 Å². The summed E-state index contributed by atoms with van der Waals surface area (Å²) in [5.74, 6) is -1.89. The first-order valence-electron chi connectivity index (χ1n) is 7.28. The van der Waals surface area contributed by atoms with E-state index in [1.54, 1.807) is 30.3 Å². The molecule has 0 amide bonds. The molecule has 3 rings (SSSR count). The van der Waals surface area contributed by atoms with Gasteiger partial charge in [0.15, 0.2) is 5.82 Å². The second kappa shape index (κ2) is 6.79. The van der Waals surface area contributed by atoms with Gasteiger partial charge in [0.2, 0.25) is 10.0 Å². The van der Waals surface area contributed by atoms with Crippen LogP contribution in [-0.2, 0) is 22.0 Å². The molecule has 136 valence electrons. The van der Waals surface area contributed by atoms with Crippen LogP contribution in [0, 0.1) is 0 Å². The van der Waals surface area contributed by atoms with E-state index >= 15 is 0 Å². The molecule has 6 nitrogen and oxygen atoms in total.